The van der Waals surface area contributed by atoms with E-state index in [0.717, 1.165) is 0 Å². The first-order valence-electron chi connectivity index (χ1n) is 5.70. The van der Waals surface area contributed by atoms with Crippen LogP contribution >= 0.6 is 11.6 Å². The number of ether oxygens (including phenoxy) is 1. The van der Waals surface area contributed by atoms with Crippen LogP contribution in [0.25, 0.3) is 0 Å². The van der Waals surface area contributed by atoms with Crippen molar-refractivity contribution in [3.63, 3.8) is 0 Å². The van der Waals surface area contributed by atoms with Crippen LogP contribution < -0.4 is 10.1 Å². The van der Waals surface area contributed by atoms with Gasteiger partial charge in [0.25, 0.3) is 0 Å². The second kappa shape index (κ2) is 5.94. The Bertz CT molecular complexity index is 695. The van der Waals surface area contributed by atoms with Gasteiger partial charge < -0.3 is 10.1 Å². The molecule has 108 valence electrons. The minimum absolute atomic E-state index is 0.255. The van der Waals surface area contributed by atoms with Gasteiger partial charge in [0.15, 0.2) is 0 Å². The van der Waals surface area contributed by atoms with Crippen molar-refractivity contribution in [1.29, 1.82) is 5.26 Å². The fraction of sp³-hybridized carbons (Fsp3) is 0.0714. The third-order valence-corrected chi connectivity index (χ3v) is 2.76. The molecule has 0 bridgehead atoms. The minimum atomic E-state index is -4.74. The lowest BCUT2D eigenvalue weighted by atomic mass is 10.2. The zero-order valence-electron chi connectivity index (χ0n) is 10.4. The smallest absolute Gasteiger partial charge is 0.406 e. The van der Waals surface area contributed by atoms with Crippen molar-refractivity contribution in [2.24, 2.45) is 0 Å². The lowest BCUT2D eigenvalue weighted by Gasteiger charge is -2.11. The van der Waals surface area contributed by atoms with Crippen molar-refractivity contribution in [3.8, 4) is 11.8 Å². The van der Waals surface area contributed by atoms with Gasteiger partial charge in [-0.25, -0.2) is 0 Å². The van der Waals surface area contributed by atoms with Crippen LogP contribution in [0.2, 0.25) is 5.02 Å². The summed E-state index contributed by atoms with van der Waals surface area (Å²) in [7, 11) is 0. The molecule has 2 rings (SSSR count). The van der Waals surface area contributed by atoms with Crippen LogP contribution in [0.15, 0.2) is 42.5 Å². The monoisotopic (exact) mass is 312 g/mol. The van der Waals surface area contributed by atoms with Gasteiger partial charge in [-0.05, 0) is 30.3 Å². The molecule has 0 heterocycles. The molecule has 0 spiro atoms. The van der Waals surface area contributed by atoms with Crippen LogP contribution in [-0.2, 0) is 0 Å². The number of rotatable bonds is 3. The summed E-state index contributed by atoms with van der Waals surface area (Å²) < 4.78 is 40.3. The molecule has 0 saturated carbocycles. The predicted octanol–water partition coefficient (Wildman–Crippen LogP) is 4.85. The highest BCUT2D eigenvalue weighted by Crippen LogP contribution is 2.28. The van der Waals surface area contributed by atoms with Gasteiger partial charge in [-0.1, -0.05) is 17.7 Å². The van der Waals surface area contributed by atoms with E-state index in [1.54, 1.807) is 12.1 Å². The highest BCUT2D eigenvalue weighted by atomic mass is 35.5. The van der Waals surface area contributed by atoms with E-state index in [0.29, 0.717) is 16.9 Å². The SMILES string of the molecule is N#Cc1ccc(Nc2cccc(OC(F)(F)F)c2)cc1Cl. The molecule has 21 heavy (non-hydrogen) atoms. The number of benzene rings is 2. The molecule has 7 heteroatoms. The molecule has 0 aliphatic carbocycles. The number of nitrogens with zero attached hydrogens (tertiary/aromatic N) is 1. The summed E-state index contributed by atoms with van der Waals surface area (Å²) in [6.07, 6.45) is -4.74. The summed E-state index contributed by atoms with van der Waals surface area (Å²) in [6.45, 7) is 0. The average Bonchev–Trinajstić information content (AvgIpc) is 2.37. The van der Waals surface area contributed by atoms with E-state index < -0.39 is 6.36 Å². The summed E-state index contributed by atoms with van der Waals surface area (Å²) in [6, 6.07) is 12.0. The van der Waals surface area contributed by atoms with Crippen LogP contribution in [-0.4, -0.2) is 6.36 Å². The zero-order valence-corrected chi connectivity index (χ0v) is 11.2. The van der Waals surface area contributed by atoms with E-state index >= 15 is 0 Å². The molecule has 0 atom stereocenters. The van der Waals surface area contributed by atoms with E-state index in [1.807, 2.05) is 6.07 Å². The number of hydrogen-bond acceptors (Lipinski definition) is 3. The van der Waals surface area contributed by atoms with E-state index in [2.05, 4.69) is 10.1 Å². The summed E-state index contributed by atoms with van der Waals surface area (Å²) in [5.41, 5.74) is 1.26. The van der Waals surface area contributed by atoms with Crippen LogP contribution in [0.1, 0.15) is 5.56 Å². The first-order chi connectivity index (χ1) is 9.87. The summed E-state index contributed by atoms with van der Waals surface area (Å²) in [5, 5.41) is 11.9. The van der Waals surface area contributed by atoms with Crippen LogP contribution in [0.3, 0.4) is 0 Å². The summed E-state index contributed by atoms with van der Waals surface area (Å²) >= 11 is 5.88. The maximum Gasteiger partial charge on any atom is 0.573 e. The van der Waals surface area contributed by atoms with Gasteiger partial charge in [-0.15, -0.1) is 13.2 Å². The third-order valence-electron chi connectivity index (χ3n) is 2.45. The molecule has 0 aromatic heterocycles. The fourth-order valence-corrected chi connectivity index (χ4v) is 1.84. The second-order valence-electron chi connectivity index (χ2n) is 4.01. The molecule has 0 saturated heterocycles. The molecule has 0 fully saturated rings. The molecule has 0 aliphatic heterocycles. The van der Waals surface area contributed by atoms with Crippen molar-refractivity contribution in [3.05, 3.63) is 53.1 Å². The summed E-state index contributed by atoms with van der Waals surface area (Å²) in [4.78, 5) is 0. The van der Waals surface area contributed by atoms with Crippen LogP contribution in [0.4, 0.5) is 24.5 Å². The van der Waals surface area contributed by atoms with Gasteiger partial charge in [-0.2, -0.15) is 5.26 Å². The first-order valence-corrected chi connectivity index (χ1v) is 6.08. The van der Waals surface area contributed by atoms with E-state index in [1.165, 1.54) is 30.3 Å². The van der Waals surface area contributed by atoms with Gasteiger partial charge >= 0.3 is 6.36 Å². The Balaban J connectivity index is 2.18. The average molecular weight is 313 g/mol. The topological polar surface area (TPSA) is 45.0 Å². The number of nitriles is 1. The largest absolute Gasteiger partial charge is 0.573 e. The van der Waals surface area contributed by atoms with E-state index in [9.17, 15) is 13.2 Å². The predicted molar refractivity (Wildman–Crippen MR) is 72.6 cm³/mol. The van der Waals surface area contributed by atoms with Crippen LogP contribution in [0, 0.1) is 11.3 Å². The molecule has 0 unspecified atom stereocenters. The Kier molecular flexibility index (Phi) is 4.24. The number of anilines is 2. The van der Waals surface area contributed by atoms with Gasteiger partial charge in [0.1, 0.15) is 11.8 Å². The Morgan fingerprint density at radius 1 is 1.10 bits per heavy atom. The third kappa shape index (κ3) is 4.29. The van der Waals surface area contributed by atoms with Crippen LogP contribution in [0.5, 0.6) is 5.75 Å². The number of alkyl halides is 3. The summed E-state index contributed by atoms with van der Waals surface area (Å²) in [5.74, 6) is -0.327. The minimum Gasteiger partial charge on any atom is -0.406 e. The van der Waals surface area contributed by atoms with Gasteiger partial charge in [-0.3, -0.25) is 0 Å². The Morgan fingerprint density at radius 2 is 1.81 bits per heavy atom. The van der Waals surface area contributed by atoms with Gasteiger partial charge in [0, 0.05) is 17.4 Å². The zero-order chi connectivity index (χ0) is 15.5. The highest BCUT2D eigenvalue weighted by molar-refractivity contribution is 6.32. The molecular formula is C14H8ClF3N2O. The maximum atomic E-state index is 12.1. The molecule has 0 radical (unpaired) electrons. The molecule has 3 nitrogen and oxygen atoms in total. The Morgan fingerprint density at radius 3 is 2.43 bits per heavy atom. The molecule has 2 aromatic rings. The highest BCUT2D eigenvalue weighted by Gasteiger charge is 2.31. The lowest BCUT2D eigenvalue weighted by molar-refractivity contribution is -0.274. The van der Waals surface area contributed by atoms with Crippen molar-refractivity contribution >= 4 is 23.0 Å². The Hall–Kier alpha value is -2.39. The molecule has 0 aliphatic rings. The fourth-order valence-electron chi connectivity index (χ4n) is 1.62. The molecule has 2 aromatic carbocycles. The van der Waals surface area contributed by atoms with Crippen molar-refractivity contribution in [1.82, 2.24) is 0 Å². The lowest BCUT2D eigenvalue weighted by Crippen LogP contribution is -2.17. The van der Waals surface area contributed by atoms with Gasteiger partial charge in [0.05, 0.1) is 10.6 Å². The van der Waals surface area contributed by atoms with E-state index in [4.69, 9.17) is 16.9 Å². The number of nitrogens with one attached hydrogen (secondary N) is 1. The van der Waals surface area contributed by atoms with Crippen molar-refractivity contribution in [2.75, 3.05) is 5.32 Å². The number of hydrogen-bond donors (Lipinski definition) is 1. The molecule has 0 amide bonds. The standard InChI is InChI=1S/C14H8ClF3N2O/c15-13-7-11(5-4-9(13)8-19)20-10-2-1-3-12(6-10)21-14(16,17)18/h1-7,20H. The second-order valence-corrected chi connectivity index (χ2v) is 4.41. The van der Waals surface area contributed by atoms with Gasteiger partial charge in [0.2, 0.25) is 0 Å². The quantitative estimate of drug-likeness (QED) is 0.880. The maximum absolute atomic E-state index is 12.1. The molecule has 1 N–H and O–H groups in total. The van der Waals surface area contributed by atoms with Crippen molar-refractivity contribution < 1.29 is 17.9 Å². The normalized spacial score (nSPS) is 10.8. The molecular weight excluding hydrogens is 305 g/mol. The Labute approximate surface area is 123 Å². The number of halogens is 4. The van der Waals surface area contributed by atoms with E-state index in [-0.39, 0.29) is 10.8 Å². The van der Waals surface area contributed by atoms with Crippen molar-refractivity contribution in [2.45, 2.75) is 6.36 Å². The first kappa shape index (κ1) is 15.0.